The molecule has 5 heterocycles. The van der Waals surface area contributed by atoms with Gasteiger partial charge in [0, 0.05) is 68.0 Å². The molecule has 10 heteroatoms. The molecule has 3 aromatic rings. The standard InChI is InChI=1S/C22H22FN7O2/c1-13-16-11-26-21(20-24-5-2-6-25-20)27-17(16)4-8-30(13)19-10-15(9-18(23)28-19)29-7-3-14(12-29)22(31)32/h2,5-6,9-11,13-14H,3-4,7-8,12H2,1H3,(H,31,32). The summed E-state index contributed by atoms with van der Waals surface area (Å²) < 4.78 is 14.4. The first-order chi connectivity index (χ1) is 15.5. The zero-order valence-electron chi connectivity index (χ0n) is 17.5. The predicted octanol–water partition coefficient (Wildman–Crippen LogP) is 2.50. The number of pyridine rings is 1. The molecule has 2 atom stereocenters. The summed E-state index contributed by atoms with van der Waals surface area (Å²) in [4.78, 5) is 36.9. The van der Waals surface area contributed by atoms with Crippen LogP contribution in [0.2, 0.25) is 0 Å². The minimum atomic E-state index is -0.816. The van der Waals surface area contributed by atoms with Gasteiger partial charge in [-0.2, -0.15) is 4.39 Å². The van der Waals surface area contributed by atoms with Gasteiger partial charge in [-0.3, -0.25) is 4.79 Å². The van der Waals surface area contributed by atoms with Gasteiger partial charge in [-0.1, -0.05) is 0 Å². The topological polar surface area (TPSA) is 108 Å². The summed E-state index contributed by atoms with van der Waals surface area (Å²) in [5, 5.41) is 9.27. The van der Waals surface area contributed by atoms with E-state index in [4.69, 9.17) is 0 Å². The molecular formula is C22H22FN7O2. The Balaban J connectivity index is 1.41. The molecule has 0 amide bonds. The van der Waals surface area contributed by atoms with Gasteiger partial charge in [-0.25, -0.2) is 24.9 Å². The summed E-state index contributed by atoms with van der Waals surface area (Å²) in [5.74, 6) is -0.348. The number of carbonyl (C=O) groups is 1. The van der Waals surface area contributed by atoms with Crippen LogP contribution >= 0.6 is 0 Å². The van der Waals surface area contributed by atoms with Gasteiger partial charge in [0.15, 0.2) is 11.6 Å². The minimum Gasteiger partial charge on any atom is -0.481 e. The highest BCUT2D eigenvalue weighted by molar-refractivity contribution is 5.72. The second-order valence-corrected chi connectivity index (χ2v) is 8.06. The molecule has 32 heavy (non-hydrogen) atoms. The lowest BCUT2D eigenvalue weighted by molar-refractivity contribution is -0.140. The van der Waals surface area contributed by atoms with Gasteiger partial charge in [0.1, 0.15) is 5.82 Å². The van der Waals surface area contributed by atoms with Crippen LogP contribution in [-0.4, -0.2) is 55.6 Å². The molecule has 164 valence electrons. The molecule has 0 spiro atoms. The van der Waals surface area contributed by atoms with E-state index in [1.54, 1.807) is 24.7 Å². The van der Waals surface area contributed by atoms with E-state index in [0.29, 0.717) is 55.6 Å². The SMILES string of the molecule is CC1c2cnc(-c3ncccn3)nc2CCN1c1cc(N2CCC(C(=O)O)C2)cc(F)n1. The smallest absolute Gasteiger partial charge is 0.308 e. The Labute approximate surface area is 184 Å². The van der Waals surface area contributed by atoms with Gasteiger partial charge in [-0.15, -0.1) is 0 Å². The molecule has 0 saturated carbocycles. The van der Waals surface area contributed by atoms with E-state index in [2.05, 4.69) is 24.9 Å². The van der Waals surface area contributed by atoms with E-state index in [9.17, 15) is 14.3 Å². The maximum atomic E-state index is 14.4. The molecule has 1 N–H and O–H groups in total. The number of carboxylic acid groups (broad SMARTS) is 1. The van der Waals surface area contributed by atoms with Crippen LogP contribution < -0.4 is 9.80 Å². The Morgan fingerprint density at radius 2 is 1.94 bits per heavy atom. The van der Waals surface area contributed by atoms with Gasteiger partial charge < -0.3 is 14.9 Å². The van der Waals surface area contributed by atoms with Crippen molar-refractivity contribution in [2.45, 2.75) is 25.8 Å². The molecule has 2 unspecified atom stereocenters. The minimum absolute atomic E-state index is 0.100. The molecule has 3 aromatic heterocycles. The van der Waals surface area contributed by atoms with Crippen molar-refractivity contribution >= 4 is 17.5 Å². The van der Waals surface area contributed by atoms with Crippen LogP contribution in [0.15, 0.2) is 36.8 Å². The third kappa shape index (κ3) is 3.72. The monoisotopic (exact) mass is 435 g/mol. The van der Waals surface area contributed by atoms with Crippen LogP contribution in [0.4, 0.5) is 15.9 Å². The van der Waals surface area contributed by atoms with E-state index < -0.39 is 17.8 Å². The van der Waals surface area contributed by atoms with E-state index in [-0.39, 0.29) is 6.04 Å². The lowest BCUT2D eigenvalue weighted by Gasteiger charge is -2.36. The maximum Gasteiger partial charge on any atom is 0.308 e. The molecule has 0 aliphatic carbocycles. The first-order valence-electron chi connectivity index (χ1n) is 10.5. The molecule has 1 saturated heterocycles. The molecule has 0 radical (unpaired) electrons. The Hall–Kier alpha value is -3.69. The van der Waals surface area contributed by atoms with Crippen molar-refractivity contribution < 1.29 is 14.3 Å². The van der Waals surface area contributed by atoms with Crippen molar-refractivity contribution in [3.8, 4) is 11.6 Å². The lowest BCUT2D eigenvalue weighted by Crippen LogP contribution is -2.35. The first-order valence-corrected chi connectivity index (χ1v) is 10.5. The number of anilines is 2. The molecule has 9 nitrogen and oxygen atoms in total. The van der Waals surface area contributed by atoms with Crippen LogP contribution in [0.5, 0.6) is 0 Å². The summed E-state index contributed by atoms with van der Waals surface area (Å²) in [7, 11) is 0. The number of nitrogens with zero attached hydrogens (tertiary/aromatic N) is 7. The number of rotatable bonds is 4. The number of hydrogen-bond acceptors (Lipinski definition) is 8. The Morgan fingerprint density at radius 3 is 2.69 bits per heavy atom. The highest BCUT2D eigenvalue weighted by Gasteiger charge is 2.31. The average Bonchev–Trinajstić information content (AvgIpc) is 3.30. The van der Waals surface area contributed by atoms with Crippen molar-refractivity contribution in [2.75, 3.05) is 29.4 Å². The van der Waals surface area contributed by atoms with Gasteiger partial charge in [0.2, 0.25) is 5.95 Å². The fourth-order valence-electron chi connectivity index (χ4n) is 4.39. The number of carboxylic acids is 1. The van der Waals surface area contributed by atoms with Gasteiger partial charge >= 0.3 is 5.97 Å². The Kier molecular flexibility index (Phi) is 5.12. The largest absolute Gasteiger partial charge is 0.481 e. The summed E-state index contributed by atoms with van der Waals surface area (Å²) in [6, 6.07) is 4.84. The molecule has 0 bridgehead atoms. The van der Waals surface area contributed by atoms with Gasteiger partial charge in [0.05, 0.1) is 17.7 Å². The summed E-state index contributed by atoms with van der Waals surface area (Å²) >= 11 is 0. The number of aliphatic carboxylic acids is 1. The molecule has 1 fully saturated rings. The normalized spacial score (nSPS) is 20.3. The number of fused-ring (bicyclic) bond motifs is 1. The van der Waals surface area contributed by atoms with Crippen molar-refractivity contribution in [1.82, 2.24) is 24.9 Å². The van der Waals surface area contributed by atoms with Crippen LogP contribution in [-0.2, 0) is 11.2 Å². The number of hydrogen-bond donors (Lipinski definition) is 1. The second-order valence-electron chi connectivity index (χ2n) is 8.06. The molecule has 5 rings (SSSR count). The average molecular weight is 435 g/mol. The number of aromatic nitrogens is 5. The van der Waals surface area contributed by atoms with Crippen LogP contribution in [0, 0.1) is 11.9 Å². The van der Waals surface area contributed by atoms with E-state index in [0.717, 1.165) is 11.3 Å². The molecule has 0 aromatic carbocycles. The van der Waals surface area contributed by atoms with E-state index in [1.165, 1.54) is 6.07 Å². The highest BCUT2D eigenvalue weighted by atomic mass is 19.1. The second kappa shape index (κ2) is 8.10. The van der Waals surface area contributed by atoms with Crippen LogP contribution in [0.25, 0.3) is 11.6 Å². The van der Waals surface area contributed by atoms with Crippen LogP contribution in [0.3, 0.4) is 0 Å². The van der Waals surface area contributed by atoms with Crippen molar-refractivity contribution in [1.29, 1.82) is 0 Å². The fraction of sp³-hybridized carbons (Fsp3) is 0.364. The van der Waals surface area contributed by atoms with Crippen molar-refractivity contribution in [3.63, 3.8) is 0 Å². The Morgan fingerprint density at radius 1 is 1.12 bits per heavy atom. The predicted molar refractivity (Wildman–Crippen MR) is 115 cm³/mol. The number of halogens is 1. The van der Waals surface area contributed by atoms with Crippen molar-refractivity contribution in [2.24, 2.45) is 5.92 Å². The summed E-state index contributed by atoms with van der Waals surface area (Å²) in [6.45, 7) is 3.59. The molecule has 2 aliphatic rings. The van der Waals surface area contributed by atoms with E-state index in [1.807, 2.05) is 22.8 Å². The quantitative estimate of drug-likeness (QED) is 0.618. The third-order valence-electron chi connectivity index (χ3n) is 6.14. The summed E-state index contributed by atoms with van der Waals surface area (Å²) in [5.41, 5.74) is 2.53. The zero-order chi connectivity index (χ0) is 22.2. The van der Waals surface area contributed by atoms with Crippen LogP contribution in [0.1, 0.15) is 30.6 Å². The fourth-order valence-corrected chi connectivity index (χ4v) is 4.39. The first kappa shape index (κ1) is 20.2. The summed E-state index contributed by atoms with van der Waals surface area (Å²) in [6.07, 6.45) is 6.29. The van der Waals surface area contributed by atoms with Crippen molar-refractivity contribution in [3.05, 3.63) is 54.0 Å². The lowest BCUT2D eigenvalue weighted by atomic mass is 9.99. The highest BCUT2D eigenvalue weighted by Crippen LogP contribution is 2.34. The molecular weight excluding hydrogens is 413 g/mol. The zero-order valence-corrected chi connectivity index (χ0v) is 17.5. The van der Waals surface area contributed by atoms with E-state index >= 15 is 0 Å². The third-order valence-corrected chi connectivity index (χ3v) is 6.14. The van der Waals surface area contributed by atoms with Gasteiger partial charge in [0.25, 0.3) is 0 Å². The van der Waals surface area contributed by atoms with Gasteiger partial charge in [-0.05, 0) is 19.4 Å². The maximum absolute atomic E-state index is 14.4. The molecule has 2 aliphatic heterocycles. The Bertz CT molecular complexity index is 1160.